The molecule has 0 aliphatic carbocycles. The van der Waals surface area contributed by atoms with Crippen LogP contribution in [0.15, 0.2) is 91.4 Å². The molecule has 0 aliphatic rings. The zero-order valence-corrected chi connectivity index (χ0v) is 22.9. The number of hydrogen-bond acceptors (Lipinski definition) is 6. The molecule has 0 fully saturated rings. The van der Waals surface area contributed by atoms with E-state index in [0.717, 1.165) is 33.6 Å². The number of carbonyl (C=O) groups excluding carboxylic acids is 1. The highest BCUT2D eigenvalue weighted by molar-refractivity contribution is 7.98. The molecule has 8 heteroatoms. The van der Waals surface area contributed by atoms with E-state index >= 15 is 0 Å². The highest BCUT2D eigenvalue weighted by Gasteiger charge is 2.23. The van der Waals surface area contributed by atoms with Crippen LogP contribution >= 0.6 is 11.8 Å². The van der Waals surface area contributed by atoms with Gasteiger partial charge in [-0.05, 0) is 65.3 Å². The number of benzene rings is 3. The van der Waals surface area contributed by atoms with E-state index in [1.165, 1.54) is 0 Å². The van der Waals surface area contributed by atoms with Crippen LogP contribution in [0.25, 0.3) is 11.1 Å². The molecular formula is C31H32N4O3S. The third kappa shape index (κ3) is 7.45. The minimum Gasteiger partial charge on any atom is -0.480 e. The van der Waals surface area contributed by atoms with Crippen molar-refractivity contribution in [2.24, 2.45) is 0 Å². The van der Waals surface area contributed by atoms with Crippen LogP contribution in [0.4, 0.5) is 5.82 Å². The molecular weight excluding hydrogens is 508 g/mol. The first-order chi connectivity index (χ1) is 19.0. The molecule has 1 aromatic heterocycles. The molecule has 0 spiro atoms. The molecule has 4 aromatic rings. The Bertz CT molecular complexity index is 1400. The van der Waals surface area contributed by atoms with Crippen molar-refractivity contribution in [3.63, 3.8) is 0 Å². The van der Waals surface area contributed by atoms with Gasteiger partial charge in [0.2, 0.25) is 0 Å². The lowest BCUT2D eigenvalue weighted by molar-refractivity contribution is -0.139. The molecule has 4 rings (SSSR count). The Balaban J connectivity index is 1.70. The molecule has 0 aliphatic heterocycles. The Morgan fingerprint density at radius 2 is 1.69 bits per heavy atom. The fourth-order valence-corrected chi connectivity index (χ4v) is 4.88. The molecule has 1 unspecified atom stereocenters. The van der Waals surface area contributed by atoms with Crippen LogP contribution in [0.3, 0.4) is 0 Å². The number of nitrogens with one attached hydrogen (secondary N) is 1. The topological polar surface area (TPSA) is 95.4 Å². The Labute approximate surface area is 233 Å². The summed E-state index contributed by atoms with van der Waals surface area (Å²) >= 11 is 1.55. The molecule has 2 N–H and O–H groups in total. The van der Waals surface area contributed by atoms with Crippen molar-refractivity contribution in [2.45, 2.75) is 32.5 Å². The van der Waals surface area contributed by atoms with E-state index < -0.39 is 17.9 Å². The normalized spacial score (nSPS) is 11.5. The number of amides is 1. The first-order valence-electron chi connectivity index (χ1n) is 12.7. The molecule has 39 heavy (non-hydrogen) atoms. The minimum atomic E-state index is -1.04. The second-order valence-electron chi connectivity index (χ2n) is 9.25. The van der Waals surface area contributed by atoms with Crippen LogP contribution in [-0.4, -0.2) is 45.0 Å². The molecule has 0 saturated heterocycles. The predicted molar refractivity (Wildman–Crippen MR) is 157 cm³/mol. The van der Waals surface area contributed by atoms with Crippen molar-refractivity contribution < 1.29 is 14.7 Å². The van der Waals surface area contributed by atoms with Gasteiger partial charge in [-0.3, -0.25) is 9.78 Å². The van der Waals surface area contributed by atoms with Crippen LogP contribution in [0.1, 0.15) is 33.5 Å². The number of nitrogens with zero attached hydrogens (tertiary/aromatic N) is 3. The number of rotatable bonds is 12. The van der Waals surface area contributed by atoms with Crippen LogP contribution in [0, 0.1) is 6.92 Å². The number of carboxylic acids is 1. The van der Waals surface area contributed by atoms with E-state index in [1.54, 1.807) is 36.4 Å². The van der Waals surface area contributed by atoms with Gasteiger partial charge in [-0.15, -0.1) is 0 Å². The largest absolute Gasteiger partial charge is 0.480 e. The molecule has 0 radical (unpaired) electrons. The summed E-state index contributed by atoms with van der Waals surface area (Å²) in [5, 5.41) is 12.4. The van der Waals surface area contributed by atoms with E-state index in [-0.39, 0.29) is 0 Å². The summed E-state index contributed by atoms with van der Waals surface area (Å²) in [4.78, 5) is 36.1. The fraction of sp³-hybridized carbons (Fsp3) is 0.226. The van der Waals surface area contributed by atoms with Gasteiger partial charge in [-0.2, -0.15) is 11.8 Å². The van der Waals surface area contributed by atoms with Gasteiger partial charge in [0.15, 0.2) is 0 Å². The highest BCUT2D eigenvalue weighted by Crippen LogP contribution is 2.29. The Morgan fingerprint density at radius 1 is 0.949 bits per heavy atom. The van der Waals surface area contributed by atoms with E-state index in [4.69, 9.17) is 0 Å². The summed E-state index contributed by atoms with van der Waals surface area (Å²) in [5.74, 6) is -0.0467. The van der Waals surface area contributed by atoms with Gasteiger partial charge in [-0.1, -0.05) is 60.7 Å². The number of carboxylic acid groups (broad SMARTS) is 1. The predicted octanol–water partition coefficient (Wildman–Crippen LogP) is 5.59. The van der Waals surface area contributed by atoms with Gasteiger partial charge >= 0.3 is 5.97 Å². The van der Waals surface area contributed by atoms with Crippen LogP contribution in [-0.2, 0) is 17.9 Å². The maximum absolute atomic E-state index is 13.4. The number of aliphatic carboxylic acids is 1. The molecule has 0 bridgehead atoms. The second kappa shape index (κ2) is 13.6. The lowest BCUT2D eigenvalue weighted by Gasteiger charge is -2.24. The smallest absolute Gasteiger partial charge is 0.326 e. The molecule has 3 aromatic carbocycles. The SMILES string of the molecule is CSCCC(NC(=O)c1ccc(CN(Cc2ccccc2)c2cnccn2)cc1-c1ccccc1C)C(=O)O. The number of aryl methyl sites for hydroxylation is 1. The van der Waals surface area contributed by atoms with E-state index in [0.29, 0.717) is 30.8 Å². The summed E-state index contributed by atoms with van der Waals surface area (Å²) in [6.07, 6.45) is 7.34. The van der Waals surface area contributed by atoms with Crippen LogP contribution in [0.2, 0.25) is 0 Å². The fourth-order valence-electron chi connectivity index (χ4n) is 4.41. The minimum absolute atomic E-state index is 0.354. The van der Waals surface area contributed by atoms with Gasteiger partial charge in [-0.25, -0.2) is 9.78 Å². The highest BCUT2D eigenvalue weighted by atomic mass is 32.2. The third-order valence-corrected chi connectivity index (χ3v) is 7.09. The van der Waals surface area contributed by atoms with Crippen LogP contribution in [0.5, 0.6) is 0 Å². The Hall–Kier alpha value is -4.17. The molecule has 1 amide bonds. The summed E-state index contributed by atoms with van der Waals surface area (Å²) in [5.41, 5.74) is 5.28. The average molecular weight is 541 g/mol. The van der Waals surface area contributed by atoms with Gasteiger partial charge in [0.1, 0.15) is 11.9 Å². The molecule has 1 heterocycles. The van der Waals surface area contributed by atoms with E-state index in [1.807, 2.05) is 67.8 Å². The summed E-state index contributed by atoms with van der Waals surface area (Å²) in [6.45, 7) is 3.18. The number of aromatic nitrogens is 2. The standard InChI is InChI=1S/C31H32N4O3S/c1-22-8-6-7-11-25(22)27-18-24(12-13-26(27)30(36)34-28(31(37)38)14-17-39-2)21-35(29-19-32-15-16-33-29)20-23-9-4-3-5-10-23/h3-13,15-16,18-19,28H,14,17,20-21H2,1-2H3,(H,34,36)(H,37,38). The number of thioether (sulfide) groups is 1. The monoisotopic (exact) mass is 540 g/mol. The van der Waals surface area contributed by atoms with Crippen molar-refractivity contribution >= 4 is 29.5 Å². The van der Waals surface area contributed by atoms with Crippen molar-refractivity contribution in [3.05, 3.63) is 114 Å². The lowest BCUT2D eigenvalue weighted by Crippen LogP contribution is -2.41. The van der Waals surface area contributed by atoms with Crippen molar-refractivity contribution in [1.29, 1.82) is 0 Å². The summed E-state index contributed by atoms with van der Waals surface area (Å²) < 4.78 is 0. The summed E-state index contributed by atoms with van der Waals surface area (Å²) in [6, 6.07) is 22.8. The van der Waals surface area contributed by atoms with Gasteiger partial charge in [0, 0.05) is 31.0 Å². The quantitative estimate of drug-likeness (QED) is 0.242. The number of anilines is 1. The van der Waals surface area contributed by atoms with Gasteiger partial charge in [0.25, 0.3) is 5.91 Å². The van der Waals surface area contributed by atoms with Gasteiger partial charge in [0.05, 0.1) is 6.20 Å². The maximum atomic E-state index is 13.4. The number of hydrogen-bond donors (Lipinski definition) is 2. The Morgan fingerprint density at radius 3 is 2.38 bits per heavy atom. The first kappa shape index (κ1) is 27.9. The number of carbonyl (C=O) groups is 2. The van der Waals surface area contributed by atoms with Crippen LogP contribution < -0.4 is 10.2 Å². The van der Waals surface area contributed by atoms with E-state index in [2.05, 4.69) is 32.3 Å². The zero-order chi connectivity index (χ0) is 27.6. The second-order valence-corrected chi connectivity index (χ2v) is 10.2. The molecule has 0 saturated carbocycles. The molecule has 1 atom stereocenters. The van der Waals surface area contributed by atoms with Crippen molar-refractivity contribution in [1.82, 2.24) is 15.3 Å². The molecule has 200 valence electrons. The maximum Gasteiger partial charge on any atom is 0.326 e. The summed E-state index contributed by atoms with van der Waals surface area (Å²) in [7, 11) is 0. The zero-order valence-electron chi connectivity index (χ0n) is 22.1. The molecule has 7 nitrogen and oxygen atoms in total. The first-order valence-corrected chi connectivity index (χ1v) is 14.1. The Kier molecular flexibility index (Phi) is 9.69. The lowest BCUT2D eigenvalue weighted by atomic mass is 9.93. The van der Waals surface area contributed by atoms with Gasteiger partial charge < -0.3 is 15.3 Å². The van der Waals surface area contributed by atoms with Crippen molar-refractivity contribution in [3.8, 4) is 11.1 Å². The van der Waals surface area contributed by atoms with Crippen molar-refractivity contribution in [2.75, 3.05) is 16.9 Å². The average Bonchev–Trinajstić information content (AvgIpc) is 2.96. The van der Waals surface area contributed by atoms with E-state index in [9.17, 15) is 14.7 Å². The third-order valence-electron chi connectivity index (χ3n) is 6.44.